The summed E-state index contributed by atoms with van der Waals surface area (Å²) in [5, 5.41) is 2.78. The van der Waals surface area contributed by atoms with Crippen LogP contribution in [0.1, 0.15) is 32.6 Å². The molecule has 0 aromatic heterocycles. The highest BCUT2D eigenvalue weighted by Gasteiger charge is 2.00. The van der Waals surface area contributed by atoms with E-state index in [1.165, 1.54) is 19.1 Å². The second kappa shape index (κ2) is 8.38. The van der Waals surface area contributed by atoms with Crippen molar-refractivity contribution < 1.29 is 8.42 Å². The Morgan fingerprint density at radius 1 is 1.31 bits per heavy atom. The van der Waals surface area contributed by atoms with Gasteiger partial charge < -0.3 is 11.1 Å². The first kappa shape index (κ1) is 15.2. The van der Waals surface area contributed by atoms with Crippen molar-refractivity contribution in [3.05, 3.63) is 0 Å². The number of hydrogen-bond acceptors (Lipinski definition) is 3. The number of hydrogen-bond donors (Lipinski definition) is 2. The molecule has 0 amide bonds. The molecule has 0 unspecified atom stereocenters. The maximum Gasteiger partial charge on any atom is 0.188 e. The summed E-state index contributed by atoms with van der Waals surface area (Å²) in [6.07, 6.45) is 5.81. The molecule has 0 fully saturated rings. The predicted octanol–water partition coefficient (Wildman–Crippen LogP) is 0.516. The van der Waals surface area contributed by atoms with Crippen molar-refractivity contribution in [3.63, 3.8) is 0 Å². The summed E-state index contributed by atoms with van der Waals surface area (Å²) in [7, 11) is -2.93. The highest BCUT2D eigenvalue weighted by atomic mass is 32.2. The molecule has 0 saturated heterocycles. The Hall–Kier alpha value is -0.780. The quantitative estimate of drug-likeness (QED) is 0.373. The van der Waals surface area contributed by atoms with Crippen LogP contribution >= 0.6 is 0 Å². The molecule has 0 aliphatic heterocycles. The van der Waals surface area contributed by atoms with E-state index in [4.69, 9.17) is 5.73 Å². The first-order valence-electron chi connectivity index (χ1n) is 5.67. The van der Waals surface area contributed by atoms with Crippen LogP contribution in [0.25, 0.3) is 0 Å². The van der Waals surface area contributed by atoms with Gasteiger partial charge in [0.1, 0.15) is 9.84 Å². The Bertz CT molecular complexity index is 299. The zero-order valence-electron chi connectivity index (χ0n) is 10.2. The minimum atomic E-state index is -2.93. The fourth-order valence-corrected chi connectivity index (χ4v) is 1.63. The second-order valence-corrected chi connectivity index (χ2v) is 6.14. The van der Waals surface area contributed by atoms with E-state index in [-0.39, 0.29) is 5.75 Å². The first-order chi connectivity index (χ1) is 7.45. The number of nitrogens with two attached hydrogens (primary N) is 1. The molecule has 6 heteroatoms. The van der Waals surface area contributed by atoms with E-state index >= 15 is 0 Å². The highest BCUT2D eigenvalue weighted by molar-refractivity contribution is 7.90. The van der Waals surface area contributed by atoms with E-state index in [1.54, 1.807) is 0 Å². The van der Waals surface area contributed by atoms with E-state index in [0.29, 0.717) is 19.0 Å². The van der Waals surface area contributed by atoms with Gasteiger partial charge in [0.05, 0.1) is 5.75 Å². The minimum absolute atomic E-state index is 0.0824. The highest BCUT2D eigenvalue weighted by Crippen LogP contribution is 1.98. The molecule has 0 spiro atoms. The molecule has 0 aliphatic rings. The molecule has 0 atom stereocenters. The smallest absolute Gasteiger partial charge is 0.188 e. The SMILES string of the molecule is CCCCCCN=C(N)NCCS(C)(=O)=O. The molecule has 0 heterocycles. The van der Waals surface area contributed by atoms with Gasteiger partial charge in [-0.1, -0.05) is 26.2 Å². The van der Waals surface area contributed by atoms with Gasteiger partial charge in [-0.25, -0.2) is 8.42 Å². The molecule has 5 nitrogen and oxygen atoms in total. The van der Waals surface area contributed by atoms with Crippen LogP contribution < -0.4 is 11.1 Å². The summed E-state index contributed by atoms with van der Waals surface area (Å²) in [4.78, 5) is 4.10. The van der Waals surface area contributed by atoms with Crippen molar-refractivity contribution in [2.75, 3.05) is 25.1 Å². The molecular weight excluding hydrogens is 226 g/mol. The van der Waals surface area contributed by atoms with Crippen LogP contribution in [0.15, 0.2) is 4.99 Å². The van der Waals surface area contributed by atoms with Gasteiger partial charge in [0.2, 0.25) is 0 Å². The van der Waals surface area contributed by atoms with Crippen LogP contribution in [0, 0.1) is 0 Å². The first-order valence-corrected chi connectivity index (χ1v) is 7.73. The van der Waals surface area contributed by atoms with Crippen molar-refractivity contribution in [3.8, 4) is 0 Å². The standard InChI is InChI=1S/C10H23N3O2S/c1-3-4-5-6-7-12-10(11)13-8-9-16(2,14)15/h3-9H2,1-2H3,(H3,11,12,13). The number of unbranched alkanes of at least 4 members (excludes halogenated alkanes) is 3. The Balaban J connectivity index is 3.56. The minimum Gasteiger partial charge on any atom is -0.370 e. The summed E-state index contributed by atoms with van der Waals surface area (Å²) in [5.74, 6) is 0.416. The molecule has 0 bridgehead atoms. The van der Waals surface area contributed by atoms with E-state index in [2.05, 4.69) is 17.2 Å². The van der Waals surface area contributed by atoms with Crippen LogP contribution in [0.2, 0.25) is 0 Å². The van der Waals surface area contributed by atoms with Gasteiger partial charge >= 0.3 is 0 Å². The topological polar surface area (TPSA) is 84.5 Å². The largest absolute Gasteiger partial charge is 0.370 e. The molecule has 0 aliphatic carbocycles. The summed E-state index contributed by atoms with van der Waals surface area (Å²) in [6, 6.07) is 0. The zero-order chi connectivity index (χ0) is 12.4. The van der Waals surface area contributed by atoms with E-state index in [0.717, 1.165) is 12.8 Å². The number of nitrogens with one attached hydrogen (secondary N) is 1. The third kappa shape index (κ3) is 11.3. The van der Waals surface area contributed by atoms with Gasteiger partial charge in [0, 0.05) is 19.3 Å². The number of guanidine groups is 1. The van der Waals surface area contributed by atoms with Crippen LogP contribution in [0.3, 0.4) is 0 Å². The summed E-state index contributed by atoms with van der Waals surface area (Å²) in [6.45, 7) is 3.19. The summed E-state index contributed by atoms with van der Waals surface area (Å²) < 4.78 is 21.6. The van der Waals surface area contributed by atoms with Gasteiger partial charge in [-0.15, -0.1) is 0 Å². The molecule has 96 valence electrons. The summed E-state index contributed by atoms with van der Waals surface area (Å²) in [5.41, 5.74) is 5.56. The van der Waals surface area contributed by atoms with Gasteiger partial charge in [-0.3, -0.25) is 4.99 Å². The Morgan fingerprint density at radius 2 is 2.00 bits per heavy atom. The molecule has 0 aromatic rings. The van der Waals surface area contributed by atoms with Crippen molar-refractivity contribution in [2.45, 2.75) is 32.6 Å². The lowest BCUT2D eigenvalue weighted by molar-refractivity contribution is 0.600. The van der Waals surface area contributed by atoms with Crippen LogP contribution in [-0.4, -0.2) is 39.5 Å². The van der Waals surface area contributed by atoms with Crippen LogP contribution in [0.4, 0.5) is 0 Å². The van der Waals surface area contributed by atoms with Gasteiger partial charge in [-0.2, -0.15) is 0 Å². The molecule has 0 rings (SSSR count). The molecule has 3 N–H and O–H groups in total. The van der Waals surface area contributed by atoms with Crippen LogP contribution in [0.5, 0.6) is 0 Å². The third-order valence-electron chi connectivity index (χ3n) is 2.07. The fourth-order valence-electron chi connectivity index (χ4n) is 1.16. The monoisotopic (exact) mass is 249 g/mol. The lowest BCUT2D eigenvalue weighted by Crippen LogP contribution is -2.35. The van der Waals surface area contributed by atoms with E-state index in [1.807, 2.05) is 0 Å². The lowest BCUT2D eigenvalue weighted by atomic mass is 10.2. The second-order valence-electron chi connectivity index (χ2n) is 3.88. The number of rotatable bonds is 8. The fraction of sp³-hybridized carbons (Fsp3) is 0.900. The Morgan fingerprint density at radius 3 is 2.56 bits per heavy atom. The predicted molar refractivity (Wildman–Crippen MR) is 68.3 cm³/mol. The van der Waals surface area contributed by atoms with E-state index in [9.17, 15) is 8.42 Å². The number of aliphatic imine (C=N–C) groups is 1. The lowest BCUT2D eigenvalue weighted by Gasteiger charge is -2.04. The Kier molecular flexibility index (Phi) is 7.97. The number of sulfone groups is 1. The van der Waals surface area contributed by atoms with E-state index < -0.39 is 9.84 Å². The maximum atomic E-state index is 10.8. The normalized spacial score (nSPS) is 12.8. The van der Waals surface area contributed by atoms with Crippen molar-refractivity contribution in [2.24, 2.45) is 10.7 Å². The van der Waals surface area contributed by atoms with Crippen LogP contribution in [-0.2, 0) is 9.84 Å². The van der Waals surface area contributed by atoms with Crippen molar-refractivity contribution in [1.82, 2.24) is 5.32 Å². The maximum absolute atomic E-state index is 10.8. The molecule has 0 saturated carbocycles. The van der Waals surface area contributed by atoms with Gasteiger partial charge in [0.25, 0.3) is 0 Å². The van der Waals surface area contributed by atoms with Crippen molar-refractivity contribution in [1.29, 1.82) is 0 Å². The molecule has 0 aromatic carbocycles. The Labute approximate surface area is 98.4 Å². The summed E-state index contributed by atoms with van der Waals surface area (Å²) >= 11 is 0. The molecule has 0 radical (unpaired) electrons. The molecule has 16 heavy (non-hydrogen) atoms. The average molecular weight is 249 g/mol. The zero-order valence-corrected chi connectivity index (χ0v) is 11.0. The van der Waals surface area contributed by atoms with Gasteiger partial charge in [0.15, 0.2) is 5.96 Å². The number of nitrogens with zero attached hydrogens (tertiary/aromatic N) is 1. The molecular formula is C10H23N3O2S. The third-order valence-corrected chi connectivity index (χ3v) is 3.02. The average Bonchev–Trinajstić information content (AvgIpc) is 2.15. The van der Waals surface area contributed by atoms with Gasteiger partial charge in [-0.05, 0) is 6.42 Å². The van der Waals surface area contributed by atoms with Crippen molar-refractivity contribution >= 4 is 15.8 Å².